The Kier molecular flexibility index (Phi) is 5.28. The van der Waals surface area contributed by atoms with Crippen molar-refractivity contribution in [3.05, 3.63) is 42.0 Å². The van der Waals surface area contributed by atoms with E-state index in [4.69, 9.17) is 4.74 Å². The van der Waals surface area contributed by atoms with E-state index in [-0.39, 0.29) is 0 Å². The first kappa shape index (κ1) is 17.7. The van der Waals surface area contributed by atoms with Crippen LogP contribution in [0.25, 0.3) is 10.8 Å². The second-order valence-electron chi connectivity index (χ2n) is 7.86. The monoisotopic (exact) mass is 340 g/mol. The zero-order chi connectivity index (χ0) is 17.9. The molecule has 1 heterocycles. The molecule has 4 nitrogen and oxygen atoms in total. The second-order valence-corrected chi connectivity index (χ2v) is 7.86. The average Bonchev–Trinajstić information content (AvgIpc) is 2.54. The molecule has 1 fully saturated rings. The topological polar surface area (TPSA) is 41.6 Å². The number of carbonyl (C=O) groups is 1. The number of nitrogens with one attached hydrogen (secondary N) is 1. The van der Waals surface area contributed by atoms with Crippen LogP contribution in [-0.2, 0) is 11.3 Å². The van der Waals surface area contributed by atoms with E-state index >= 15 is 0 Å². The molecule has 2 aromatic rings. The number of hydrogen-bond donors (Lipinski definition) is 1. The van der Waals surface area contributed by atoms with Crippen LogP contribution in [0.15, 0.2) is 36.4 Å². The number of carbonyl (C=O) groups excluding carboxylic acids is 1. The van der Waals surface area contributed by atoms with Crippen molar-refractivity contribution in [2.75, 3.05) is 18.4 Å². The van der Waals surface area contributed by atoms with Crippen LogP contribution in [0.4, 0.5) is 10.5 Å². The standard InChI is InChI=1S/C21H28N2O2/c1-21(2,3)25-20(24)22-19-10-9-17-13-16(7-8-18(17)14-19)15-23-11-5-4-6-12-23/h7-10,13-14H,4-6,11-12,15H2,1-3H3,(H,22,24). The predicted molar refractivity (Wildman–Crippen MR) is 103 cm³/mol. The molecule has 0 unspecified atom stereocenters. The fraction of sp³-hybridized carbons (Fsp3) is 0.476. The van der Waals surface area contributed by atoms with Crippen LogP contribution in [0.1, 0.15) is 45.6 Å². The Balaban J connectivity index is 1.69. The van der Waals surface area contributed by atoms with Gasteiger partial charge in [0, 0.05) is 12.2 Å². The summed E-state index contributed by atoms with van der Waals surface area (Å²) in [5, 5.41) is 5.12. The van der Waals surface area contributed by atoms with Gasteiger partial charge >= 0.3 is 6.09 Å². The molecule has 1 aliphatic heterocycles. The van der Waals surface area contributed by atoms with Gasteiger partial charge in [-0.3, -0.25) is 10.2 Å². The molecule has 1 amide bonds. The summed E-state index contributed by atoms with van der Waals surface area (Å²) in [6.45, 7) is 9.01. The Morgan fingerprint density at radius 3 is 2.44 bits per heavy atom. The summed E-state index contributed by atoms with van der Waals surface area (Å²) in [4.78, 5) is 14.4. The van der Waals surface area contributed by atoms with Crippen LogP contribution in [0.2, 0.25) is 0 Å². The highest BCUT2D eigenvalue weighted by Gasteiger charge is 2.16. The minimum absolute atomic E-state index is 0.423. The molecule has 1 aliphatic rings. The van der Waals surface area contributed by atoms with Gasteiger partial charge in [-0.25, -0.2) is 4.79 Å². The molecular formula is C21H28N2O2. The molecule has 0 bridgehead atoms. The molecule has 4 heteroatoms. The van der Waals surface area contributed by atoms with E-state index in [2.05, 4.69) is 34.5 Å². The van der Waals surface area contributed by atoms with Crippen molar-refractivity contribution in [1.82, 2.24) is 4.90 Å². The number of rotatable bonds is 3. The Morgan fingerprint density at radius 1 is 1.04 bits per heavy atom. The maximum atomic E-state index is 11.9. The predicted octanol–water partition coefficient (Wildman–Crippen LogP) is 5.17. The van der Waals surface area contributed by atoms with E-state index in [0.717, 1.165) is 17.6 Å². The van der Waals surface area contributed by atoms with Crippen LogP contribution < -0.4 is 5.32 Å². The first-order valence-corrected chi connectivity index (χ1v) is 9.14. The van der Waals surface area contributed by atoms with Gasteiger partial charge in [-0.2, -0.15) is 0 Å². The Labute approximate surface area is 150 Å². The lowest BCUT2D eigenvalue weighted by molar-refractivity contribution is 0.0636. The van der Waals surface area contributed by atoms with Crippen molar-refractivity contribution >= 4 is 22.6 Å². The molecule has 1 N–H and O–H groups in total. The summed E-state index contributed by atoms with van der Waals surface area (Å²) in [7, 11) is 0. The third kappa shape index (κ3) is 5.20. The normalized spacial score (nSPS) is 16.0. The van der Waals surface area contributed by atoms with Gasteiger partial charge in [0.05, 0.1) is 0 Å². The van der Waals surface area contributed by atoms with E-state index in [1.54, 1.807) is 0 Å². The molecule has 0 saturated carbocycles. The molecule has 0 atom stereocenters. The number of nitrogens with zero attached hydrogens (tertiary/aromatic N) is 1. The molecule has 0 aliphatic carbocycles. The Bertz CT molecular complexity index is 743. The number of likely N-dealkylation sites (tertiary alicyclic amines) is 1. The maximum absolute atomic E-state index is 11.9. The van der Waals surface area contributed by atoms with Crippen LogP contribution >= 0.6 is 0 Å². The summed E-state index contributed by atoms with van der Waals surface area (Å²) < 4.78 is 5.30. The minimum atomic E-state index is -0.496. The van der Waals surface area contributed by atoms with E-state index in [1.807, 2.05) is 32.9 Å². The largest absolute Gasteiger partial charge is 0.444 e. The zero-order valence-corrected chi connectivity index (χ0v) is 15.5. The fourth-order valence-electron chi connectivity index (χ4n) is 3.27. The highest BCUT2D eigenvalue weighted by Crippen LogP contribution is 2.23. The number of hydrogen-bond acceptors (Lipinski definition) is 3. The van der Waals surface area contributed by atoms with Crippen molar-refractivity contribution in [2.24, 2.45) is 0 Å². The number of ether oxygens (including phenoxy) is 1. The van der Waals surface area contributed by atoms with Gasteiger partial charge in [-0.1, -0.05) is 24.6 Å². The Hall–Kier alpha value is -2.07. The maximum Gasteiger partial charge on any atom is 0.412 e. The van der Waals surface area contributed by atoms with Crippen molar-refractivity contribution in [1.29, 1.82) is 0 Å². The molecule has 0 aromatic heterocycles. The lowest BCUT2D eigenvalue weighted by atomic mass is 10.0. The van der Waals surface area contributed by atoms with Gasteiger partial charge in [0.1, 0.15) is 5.60 Å². The van der Waals surface area contributed by atoms with Crippen molar-refractivity contribution in [3.8, 4) is 0 Å². The van der Waals surface area contributed by atoms with Crippen molar-refractivity contribution in [3.63, 3.8) is 0 Å². The van der Waals surface area contributed by atoms with E-state index in [9.17, 15) is 4.79 Å². The van der Waals surface area contributed by atoms with Crippen molar-refractivity contribution in [2.45, 2.75) is 52.2 Å². The molecule has 1 saturated heterocycles. The summed E-state index contributed by atoms with van der Waals surface area (Å²) in [6, 6.07) is 12.5. The van der Waals surface area contributed by atoms with Crippen LogP contribution in [0.5, 0.6) is 0 Å². The van der Waals surface area contributed by atoms with Gasteiger partial charge in [-0.15, -0.1) is 0 Å². The van der Waals surface area contributed by atoms with E-state index < -0.39 is 11.7 Å². The molecule has 2 aromatic carbocycles. The number of piperidine rings is 1. The van der Waals surface area contributed by atoms with Crippen LogP contribution in [0, 0.1) is 0 Å². The summed E-state index contributed by atoms with van der Waals surface area (Å²) in [6.07, 6.45) is 3.57. The molecular weight excluding hydrogens is 312 g/mol. The Morgan fingerprint density at radius 2 is 1.72 bits per heavy atom. The summed E-state index contributed by atoms with van der Waals surface area (Å²) in [5.74, 6) is 0. The van der Waals surface area contributed by atoms with Crippen molar-refractivity contribution < 1.29 is 9.53 Å². The molecule has 25 heavy (non-hydrogen) atoms. The van der Waals surface area contributed by atoms with Crippen LogP contribution in [0.3, 0.4) is 0 Å². The lowest BCUT2D eigenvalue weighted by Gasteiger charge is -2.26. The number of anilines is 1. The SMILES string of the molecule is CC(C)(C)OC(=O)Nc1ccc2cc(CN3CCCCC3)ccc2c1. The first-order valence-electron chi connectivity index (χ1n) is 9.14. The van der Waals surface area contributed by atoms with Gasteiger partial charge in [0.2, 0.25) is 0 Å². The molecule has 134 valence electrons. The van der Waals surface area contributed by atoms with E-state index in [1.165, 1.54) is 43.3 Å². The van der Waals surface area contributed by atoms with Crippen LogP contribution in [-0.4, -0.2) is 29.7 Å². The number of amides is 1. The molecule has 0 spiro atoms. The van der Waals surface area contributed by atoms with Gasteiger partial charge < -0.3 is 4.74 Å². The lowest BCUT2D eigenvalue weighted by Crippen LogP contribution is -2.29. The van der Waals surface area contributed by atoms with Gasteiger partial charge in [0.15, 0.2) is 0 Å². The second kappa shape index (κ2) is 7.44. The average molecular weight is 340 g/mol. The fourth-order valence-corrected chi connectivity index (χ4v) is 3.27. The highest BCUT2D eigenvalue weighted by atomic mass is 16.6. The molecule has 0 radical (unpaired) electrons. The number of fused-ring (bicyclic) bond motifs is 1. The summed E-state index contributed by atoms with van der Waals surface area (Å²) in [5.41, 5.74) is 1.61. The molecule has 3 rings (SSSR count). The smallest absolute Gasteiger partial charge is 0.412 e. The van der Waals surface area contributed by atoms with Gasteiger partial charge in [-0.05, 0) is 81.2 Å². The third-order valence-electron chi connectivity index (χ3n) is 4.40. The highest BCUT2D eigenvalue weighted by molar-refractivity contribution is 5.91. The van der Waals surface area contributed by atoms with E-state index in [0.29, 0.717) is 0 Å². The zero-order valence-electron chi connectivity index (χ0n) is 15.5. The third-order valence-corrected chi connectivity index (χ3v) is 4.40. The van der Waals surface area contributed by atoms with Gasteiger partial charge in [0.25, 0.3) is 0 Å². The summed E-state index contributed by atoms with van der Waals surface area (Å²) >= 11 is 0. The minimum Gasteiger partial charge on any atom is -0.444 e. The quantitative estimate of drug-likeness (QED) is 0.838. The number of benzene rings is 2. The first-order chi connectivity index (χ1) is 11.9.